The van der Waals surface area contributed by atoms with E-state index in [1.165, 1.54) is 11.6 Å². The van der Waals surface area contributed by atoms with Gasteiger partial charge in [-0.3, -0.25) is 19.2 Å². The van der Waals surface area contributed by atoms with Crippen LogP contribution in [0, 0.1) is 0 Å². The Morgan fingerprint density at radius 1 is 1.17 bits per heavy atom. The van der Waals surface area contributed by atoms with Gasteiger partial charge >= 0.3 is 5.69 Å². The molecule has 3 aromatic rings. The summed E-state index contributed by atoms with van der Waals surface area (Å²) in [4.78, 5) is 41.9. The Morgan fingerprint density at radius 2 is 1.90 bits per heavy atom. The molecule has 0 radical (unpaired) electrons. The van der Waals surface area contributed by atoms with Crippen molar-refractivity contribution in [3.8, 4) is 17.1 Å². The number of amides is 1. The molecule has 1 aromatic carbocycles. The standard InChI is InChI=1S/C27H35Cl2N9O3/c1-3-17-14-37(25-22(29)32-21(24(31)39)23(30)34-25)10-11-38(17)18-6-8-36(9-7-18)13-15-4-5-16(28)12-19(15)20-26(40)35(2)27(41)33-20/h4-5,12,17-18,40H,3,6-11,13-14H2,1-2H3,(H2,30,34)(H2,31,39)(H,33,41)/t17-/m0/s1. The number of piperazine rings is 1. The molecule has 6 N–H and O–H groups in total. The third kappa shape index (κ3) is 5.87. The van der Waals surface area contributed by atoms with E-state index in [9.17, 15) is 14.7 Å². The molecule has 1 atom stereocenters. The minimum absolute atomic E-state index is 0.0163. The van der Waals surface area contributed by atoms with Crippen LogP contribution in [0.15, 0.2) is 23.0 Å². The van der Waals surface area contributed by atoms with Gasteiger partial charge in [0, 0.05) is 55.9 Å². The molecule has 2 aliphatic heterocycles. The molecule has 5 rings (SSSR count). The Hall–Kier alpha value is -3.32. The highest BCUT2D eigenvalue weighted by Crippen LogP contribution is 2.33. The van der Waals surface area contributed by atoms with Crippen molar-refractivity contribution in [2.45, 2.75) is 44.8 Å². The number of benzene rings is 1. The zero-order chi connectivity index (χ0) is 29.4. The van der Waals surface area contributed by atoms with Crippen molar-refractivity contribution in [3.63, 3.8) is 0 Å². The van der Waals surface area contributed by atoms with Gasteiger partial charge in [0.25, 0.3) is 5.91 Å². The maximum Gasteiger partial charge on any atom is 0.328 e. The normalized spacial score (nSPS) is 19.1. The van der Waals surface area contributed by atoms with E-state index in [1.54, 1.807) is 6.07 Å². The van der Waals surface area contributed by atoms with Gasteiger partial charge in [-0.1, -0.05) is 36.2 Å². The molecule has 0 spiro atoms. The molecule has 0 bridgehead atoms. The molecule has 0 aliphatic carbocycles. The van der Waals surface area contributed by atoms with Crippen molar-refractivity contribution >= 4 is 40.7 Å². The number of likely N-dealkylation sites (tertiary alicyclic amines) is 1. The zero-order valence-electron chi connectivity index (χ0n) is 23.1. The van der Waals surface area contributed by atoms with E-state index in [2.05, 4.69) is 36.6 Å². The van der Waals surface area contributed by atoms with Gasteiger partial charge in [-0.05, 0) is 50.0 Å². The molecule has 1 amide bonds. The number of aromatic amines is 1. The van der Waals surface area contributed by atoms with Crippen molar-refractivity contribution in [1.82, 2.24) is 29.3 Å². The third-order valence-electron chi connectivity index (χ3n) is 8.24. The number of aromatic hydroxyl groups is 1. The summed E-state index contributed by atoms with van der Waals surface area (Å²) >= 11 is 12.7. The number of hydrogen-bond acceptors (Lipinski definition) is 9. The molecule has 2 aliphatic rings. The largest absolute Gasteiger partial charge is 0.493 e. The highest BCUT2D eigenvalue weighted by Gasteiger charge is 2.34. The number of carbonyl (C=O) groups excluding carboxylic acids is 1. The van der Waals surface area contributed by atoms with Crippen LogP contribution in [0.4, 0.5) is 11.6 Å². The number of primary amides is 1. The quantitative estimate of drug-likeness (QED) is 0.317. The van der Waals surface area contributed by atoms with Crippen LogP contribution in [-0.4, -0.2) is 85.1 Å². The molecular weight excluding hydrogens is 569 g/mol. The zero-order valence-corrected chi connectivity index (χ0v) is 24.6. The summed E-state index contributed by atoms with van der Waals surface area (Å²) in [6, 6.07) is 6.32. The number of aromatic nitrogens is 4. The molecule has 2 fully saturated rings. The van der Waals surface area contributed by atoms with Gasteiger partial charge in [0.15, 0.2) is 22.5 Å². The highest BCUT2D eigenvalue weighted by atomic mass is 35.5. The number of H-pyrrole nitrogens is 1. The number of nitrogens with one attached hydrogen (secondary N) is 1. The van der Waals surface area contributed by atoms with Crippen LogP contribution in [0.5, 0.6) is 5.88 Å². The van der Waals surface area contributed by atoms with Crippen molar-refractivity contribution in [2.75, 3.05) is 43.4 Å². The molecule has 2 saturated heterocycles. The van der Waals surface area contributed by atoms with Gasteiger partial charge in [0.2, 0.25) is 5.88 Å². The van der Waals surface area contributed by atoms with Crippen LogP contribution in [0.2, 0.25) is 10.2 Å². The lowest BCUT2D eigenvalue weighted by atomic mass is 9.97. The summed E-state index contributed by atoms with van der Waals surface area (Å²) < 4.78 is 1.18. The summed E-state index contributed by atoms with van der Waals surface area (Å²) in [7, 11) is 1.52. The number of piperidine rings is 1. The number of hydrogen-bond donors (Lipinski definition) is 4. The fourth-order valence-electron chi connectivity index (χ4n) is 5.97. The van der Waals surface area contributed by atoms with E-state index >= 15 is 0 Å². The average molecular weight is 605 g/mol. The number of nitrogens with two attached hydrogens (primary N) is 2. The first-order valence-corrected chi connectivity index (χ1v) is 14.5. The number of imidazole rings is 1. The van der Waals surface area contributed by atoms with Crippen LogP contribution in [0.1, 0.15) is 42.2 Å². The van der Waals surface area contributed by atoms with Crippen molar-refractivity contribution in [2.24, 2.45) is 12.8 Å². The summed E-state index contributed by atoms with van der Waals surface area (Å²) in [5, 5.41) is 11.2. The van der Waals surface area contributed by atoms with E-state index in [4.69, 9.17) is 34.7 Å². The number of anilines is 2. The lowest BCUT2D eigenvalue weighted by Gasteiger charge is -2.47. The molecule has 0 unspecified atom stereocenters. The Morgan fingerprint density at radius 3 is 2.54 bits per heavy atom. The van der Waals surface area contributed by atoms with Crippen LogP contribution in [0.3, 0.4) is 0 Å². The molecule has 12 nitrogen and oxygen atoms in total. The van der Waals surface area contributed by atoms with E-state index in [0.29, 0.717) is 41.7 Å². The van der Waals surface area contributed by atoms with Gasteiger partial charge in [-0.15, -0.1) is 0 Å². The fraction of sp³-hybridized carbons (Fsp3) is 0.481. The van der Waals surface area contributed by atoms with Crippen LogP contribution < -0.4 is 22.1 Å². The highest BCUT2D eigenvalue weighted by molar-refractivity contribution is 6.32. The summed E-state index contributed by atoms with van der Waals surface area (Å²) in [6.07, 6.45) is 3.00. The number of halogens is 2. The average Bonchev–Trinajstić information content (AvgIpc) is 3.22. The lowest BCUT2D eigenvalue weighted by Crippen LogP contribution is -2.58. The van der Waals surface area contributed by atoms with Crippen LogP contribution in [-0.2, 0) is 13.6 Å². The van der Waals surface area contributed by atoms with Gasteiger partial charge in [-0.25, -0.2) is 14.8 Å². The molecular formula is C27H35Cl2N9O3. The maximum absolute atomic E-state index is 12.1. The minimum Gasteiger partial charge on any atom is -0.493 e. The van der Waals surface area contributed by atoms with Gasteiger partial charge in [0.1, 0.15) is 5.69 Å². The molecule has 14 heteroatoms. The first kappa shape index (κ1) is 29.2. The van der Waals surface area contributed by atoms with Crippen molar-refractivity contribution in [3.05, 3.63) is 50.1 Å². The molecule has 0 saturated carbocycles. The number of carbonyl (C=O) groups is 1. The second-order valence-electron chi connectivity index (χ2n) is 10.7. The van der Waals surface area contributed by atoms with E-state index in [-0.39, 0.29) is 28.2 Å². The summed E-state index contributed by atoms with van der Waals surface area (Å²) in [6.45, 7) is 6.99. The van der Waals surface area contributed by atoms with Crippen LogP contribution >= 0.6 is 23.2 Å². The smallest absolute Gasteiger partial charge is 0.328 e. The van der Waals surface area contributed by atoms with E-state index in [1.807, 2.05) is 12.1 Å². The van der Waals surface area contributed by atoms with E-state index < -0.39 is 5.91 Å². The summed E-state index contributed by atoms with van der Waals surface area (Å²) in [5.74, 6) is -0.406. The van der Waals surface area contributed by atoms with Gasteiger partial charge < -0.3 is 26.5 Å². The van der Waals surface area contributed by atoms with Crippen LogP contribution in [0.25, 0.3) is 11.3 Å². The van der Waals surface area contributed by atoms with Gasteiger partial charge in [0.05, 0.1) is 0 Å². The summed E-state index contributed by atoms with van der Waals surface area (Å²) in [5.41, 5.74) is 12.9. The second-order valence-corrected chi connectivity index (χ2v) is 11.5. The number of nitrogen functional groups attached to an aromatic ring is 1. The van der Waals surface area contributed by atoms with Crippen molar-refractivity contribution in [1.29, 1.82) is 0 Å². The Kier molecular flexibility index (Phi) is 8.46. The third-order valence-corrected chi connectivity index (χ3v) is 8.72. The maximum atomic E-state index is 12.1. The number of rotatable bonds is 7. The monoisotopic (exact) mass is 603 g/mol. The predicted octanol–water partition coefficient (Wildman–Crippen LogP) is 2.43. The van der Waals surface area contributed by atoms with E-state index in [0.717, 1.165) is 56.6 Å². The second kappa shape index (κ2) is 11.9. The van der Waals surface area contributed by atoms with Crippen molar-refractivity contribution < 1.29 is 9.90 Å². The lowest BCUT2D eigenvalue weighted by molar-refractivity contribution is 0.0611. The minimum atomic E-state index is -0.758. The topological polar surface area (TPSA) is 163 Å². The Labute approximate surface area is 247 Å². The van der Waals surface area contributed by atoms with Gasteiger partial charge in [-0.2, -0.15) is 0 Å². The first-order valence-electron chi connectivity index (χ1n) is 13.7. The fourth-order valence-corrected chi connectivity index (χ4v) is 6.39. The predicted molar refractivity (Wildman–Crippen MR) is 159 cm³/mol. The Balaban J connectivity index is 1.24. The molecule has 2 aromatic heterocycles. The molecule has 4 heterocycles. The number of nitrogens with zero attached hydrogens (tertiary/aromatic N) is 6. The first-order chi connectivity index (χ1) is 19.6. The molecule has 41 heavy (non-hydrogen) atoms. The SMILES string of the molecule is CC[C@H]1CN(c2nc(N)c(C(N)=O)nc2Cl)CCN1C1CCN(Cc2ccc(Cl)cc2-c2[nH]c(=O)n(C)c2O)CC1. The molecule has 220 valence electrons. The Bertz CT molecular complexity index is 1500.